The number of nitriles is 1. The van der Waals surface area contributed by atoms with Gasteiger partial charge in [0.05, 0.1) is 11.2 Å². The zero-order valence-electron chi connectivity index (χ0n) is 14.4. The van der Waals surface area contributed by atoms with E-state index < -0.39 is 5.54 Å². The molecule has 2 aromatic rings. The Hall–Kier alpha value is -2.45. The van der Waals surface area contributed by atoms with E-state index in [1.54, 1.807) is 12.1 Å². The molecule has 0 radical (unpaired) electrons. The van der Waals surface area contributed by atoms with Gasteiger partial charge in [-0.25, -0.2) is 4.98 Å². The normalized spacial score (nSPS) is 16.5. The number of pyridine rings is 1. The largest absolute Gasteiger partial charge is 0.342 e. The molecule has 1 fully saturated rings. The number of hydrogen-bond donors (Lipinski definition) is 1. The molecule has 1 aromatic carbocycles. The second-order valence-electron chi connectivity index (χ2n) is 6.52. The first kappa shape index (κ1) is 18.3. The first-order valence-electron chi connectivity index (χ1n) is 8.75. The molecule has 3 rings (SSSR count). The van der Waals surface area contributed by atoms with Crippen molar-refractivity contribution in [1.29, 1.82) is 5.26 Å². The summed E-state index contributed by atoms with van der Waals surface area (Å²) in [6, 6.07) is 17.5. The van der Waals surface area contributed by atoms with E-state index in [1.807, 2.05) is 30.3 Å². The molecule has 5 heteroatoms. The molecule has 0 aliphatic heterocycles. The van der Waals surface area contributed by atoms with Crippen LogP contribution in [0.1, 0.15) is 43.4 Å². The van der Waals surface area contributed by atoms with Crippen molar-refractivity contribution in [2.45, 2.75) is 37.6 Å². The number of carbonyl (C=O) groups excluding carboxylic acids is 1. The van der Waals surface area contributed by atoms with Crippen LogP contribution in [0.15, 0.2) is 58.7 Å². The van der Waals surface area contributed by atoms with Crippen molar-refractivity contribution < 1.29 is 4.79 Å². The quantitative estimate of drug-likeness (QED) is 0.450. The van der Waals surface area contributed by atoms with Crippen LogP contribution in [0, 0.1) is 11.3 Å². The molecular formula is C21H20BrN3O. The van der Waals surface area contributed by atoms with Crippen LogP contribution in [-0.4, -0.2) is 10.9 Å². The molecule has 4 nitrogen and oxygen atoms in total. The lowest BCUT2D eigenvalue weighted by atomic mass is 9.76. The summed E-state index contributed by atoms with van der Waals surface area (Å²) in [5.41, 5.74) is 1.34. The standard InChI is InChI=1S/C21H20BrN3O/c22-19-11-7-10-18(24-19)14-16(15-23)20(26)25-21(12-5-2-6-13-21)17-8-3-1-4-9-17/h1,3-4,7-11,14H,2,5-6,12-13H2,(H,25,26)/b16-14+. The van der Waals surface area contributed by atoms with Gasteiger partial charge in [0.15, 0.2) is 0 Å². The van der Waals surface area contributed by atoms with Gasteiger partial charge in [-0.1, -0.05) is 55.7 Å². The minimum atomic E-state index is -0.406. The fraction of sp³-hybridized carbons (Fsp3) is 0.286. The minimum Gasteiger partial charge on any atom is -0.342 e. The van der Waals surface area contributed by atoms with Gasteiger partial charge in [-0.2, -0.15) is 5.26 Å². The lowest BCUT2D eigenvalue weighted by molar-refractivity contribution is -0.119. The maximum atomic E-state index is 12.9. The monoisotopic (exact) mass is 409 g/mol. The maximum Gasteiger partial charge on any atom is 0.262 e. The predicted molar refractivity (Wildman–Crippen MR) is 105 cm³/mol. The third-order valence-corrected chi connectivity index (χ3v) is 5.22. The summed E-state index contributed by atoms with van der Waals surface area (Å²) in [6.07, 6.45) is 6.60. The Morgan fingerprint density at radius 2 is 1.85 bits per heavy atom. The van der Waals surface area contributed by atoms with Gasteiger partial charge in [0.25, 0.3) is 5.91 Å². The first-order chi connectivity index (χ1) is 12.6. The van der Waals surface area contributed by atoms with Crippen molar-refractivity contribution in [3.8, 4) is 6.07 Å². The van der Waals surface area contributed by atoms with Crippen LogP contribution in [0.4, 0.5) is 0 Å². The van der Waals surface area contributed by atoms with Gasteiger partial charge in [0, 0.05) is 0 Å². The highest BCUT2D eigenvalue weighted by Gasteiger charge is 2.35. The molecule has 1 amide bonds. The minimum absolute atomic E-state index is 0.0662. The van der Waals surface area contributed by atoms with E-state index in [2.05, 4.69) is 38.4 Å². The van der Waals surface area contributed by atoms with E-state index >= 15 is 0 Å². The van der Waals surface area contributed by atoms with Gasteiger partial charge >= 0.3 is 0 Å². The van der Waals surface area contributed by atoms with E-state index in [0.717, 1.165) is 31.2 Å². The molecule has 0 saturated heterocycles. The molecule has 26 heavy (non-hydrogen) atoms. The fourth-order valence-electron chi connectivity index (χ4n) is 3.48. The van der Waals surface area contributed by atoms with E-state index in [1.165, 1.54) is 12.5 Å². The molecular weight excluding hydrogens is 390 g/mol. The van der Waals surface area contributed by atoms with Gasteiger partial charge in [0.2, 0.25) is 0 Å². The number of nitrogens with zero attached hydrogens (tertiary/aromatic N) is 2. The molecule has 1 aliphatic rings. The fourth-order valence-corrected chi connectivity index (χ4v) is 3.84. The van der Waals surface area contributed by atoms with Crippen molar-refractivity contribution in [3.05, 3.63) is 70.0 Å². The zero-order valence-corrected chi connectivity index (χ0v) is 16.0. The average molecular weight is 410 g/mol. The van der Waals surface area contributed by atoms with Crippen LogP contribution in [-0.2, 0) is 10.3 Å². The Morgan fingerprint density at radius 1 is 1.12 bits per heavy atom. The van der Waals surface area contributed by atoms with Crippen LogP contribution in [0.3, 0.4) is 0 Å². The van der Waals surface area contributed by atoms with Crippen molar-refractivity contribution >= 4 is 27.9 Å². The molecule has 132 valence electrons. The molecule has 0 unspecified atom stereocenters. The number of nitrogens with one attached hydrogen (secondary N) is 1. The Bertz CT molecular complexity index is 849. The molecule has 1 saturated carbocycles. The second kappa shape index (κ2) is 8.29. The van der Waals surface area contributed by atoms with Crippen LogP contribution < -0.4 is 5.32 Å². The summed E-state index contributed by atoms with van der Waals surface area (Å²) in [7, 11) is 0. The van der Waals surface area contributed by atoms with Crippen molar-refractivity contribution in [2.24, 2.45) is 0 Å². The SMILES string of the molecule is N#C/C(=C\c1cccc(Br)n1)C(=O)NC1(c2ccccc2)CCCCC1. The Morgan fingerprint density at radius 3 is 2.50 bits per heavy atom. The highest BCUT2D eigenvalue weighted by Crippen LogP contribution is 2.37. The highest BCUT2D eigenvalue weighted by atomic mass is 79.9. The second-order valence-corrected chi connectivity index (χ2v) is 7.33. The van der Waals surface area contributed by atoms with Gasteiger partial charge in [-0.05, 0) is 52.5 Å². The summed E-state index contributed by atoms with van der Waals surface area (Å²) in [5, 5.41) is 12.7. The van der Waals surface area contributed by atoms with Gasteiger partial charge in [0.1, 0.15) is 16.2 Å². The zero-order chi connectivity index (χ0) is 18.4. The maximum absolute atomic E-state index is 12.9. The number of aromatic nitrogens is 1. The number of carbonyl (C=O) groups is 1. The average Bonchev–Trinajstić information content (AvgIpc) is 2.67. The highest BCUT2D eigenvalue weighted by molar-refractivity contribution is 9.10. The van der Waals surface area contributed by atoms with Crippen LogP contribution in [0.5, 0.6) is 0 Å². The molecule has 1 heterocycles. The molecule has 0 atom stereocenters. The molecule has 0 bridgehead atoms. The third kappa shape index (κ3) is 4.20. The molecule has 1 N–H and O–H groups in total. The van der Waals surface area contributed by atoms with E-state index in [4.69, 9.17) is 0 Å². The smallest absolute Gasteiger partial charge is 0.262 e. The topological polar surface area (TPSA) is 65.8 Å². The van der Waals surface area contributed by atoms with Crippen LogP contribution in [0.25, 0.3) is 6.08 Å². The summed E-state index contributed by atoms with van der Waals surface area (Å²) in [4.78, 5) is 17.1. The molecule has 1 aromatic heterocycles. The van der Waals surface area contributed by atoms with E-state index in [0.29, 0.717) is 10.3 Å². The number of hydrogen-bond acceptors (Lipinski definition) is 3. The van der Waals surface area contributed by atoms with E-state index in [9.17, 15) is 10.1 Å². The summed E-state index contributed by atoms with van der Waals surface area (Å²) >= 11 is 3.31. The van der Waals surface area contributed by atoms with Gasteiger partial charge in [-0.3, -0.25) is 4.79 Å². The lowest BCUT2D eigenvalue weighted by Gasteiger charge is -2.38. The van der Waals surface area contributed by atoms with Crippen molar-refractivity contribution in [3.63, 3.8) is 0 Å². The number of rotatable bonds is 4. The van der Waals surface area contributed by atoms with Gasteiger partial charge < -0.3 is 5.32 Å². The third-order valence-electron chi connectivity index (χ3n) is 4.78. The van der Waals surface area contributed by atoms with Crippen molar-refractivity contribution in [2.75, 3.05) is 0 Å². The summed E-state index contributed by atoms with van der Waals surface area (Å²) in [5.74, 6) is -0.347. The lowest BCUT2D eigenvalue weighted by Crippen LogP contribution is -2.47. The Balaban J connectivity index is 1.88. The number of amides is 1. The van der Waals surface area contributed by atoms with Crippen LogP contribution >= 0.6 is 15.9 Å². The van der Waals surface area contributed by atoms with E-state index in [-0.39, 0.29) is 11.5 Å². The van der Waals surface area contributed by atoms with Crippen molar-refractivity contribution in [1.82, 2.24) is 10.3 Å². The molecule has 0 spiro atoms. The Labute approximate surface area is 162 Å². The summed E-state index contributed by atoms with van der Waals surface area (Å²) in [6.45, 7) is 0. The first-order valence-corrected chi connectivity index (χ1v) is 9.55. The summed E-state index contributed by atoms with van der Waals surface area (Å²) < 4.78 is 0.664. The van der Waals surface area contributed by atoms with Gasteiger partial charge in [-0.15, -0.1) is 0 Å². The Kier molecular flexibility index (Phi) is 5.85. The number of halogens is 1. The predicted octanol–water partition coefficient (Wildman–Crippen LogP) is 4.73. The van der Waals surface area contributed by atoms with Crippen LogP contribution in [0.2, 0.25) is 0 Å². The molecule has 1 aliphatic carbocycles. The number of benzene rings is 1.